The zero-order valence-electron chi connectivity index (χ0n) is 19.7. The number of rotatable bonds is 3. The fraction of sp³-hybridized carbons (Fsp3) is 0.500. The van der Waals surface area contributed by atoms with Crippen LogP contribution >= 0.6 is 11.6 Å². The van der Waals surface area contributed by atoms with Gasteiger partial charge in [0.1, 0.15) is 11.9 Å². The van der Waals surface area contributed by atoms with Crippen molar-refractivity contribution < 1.29 is 17.6 Å². The van der Waals surface area contributed by atoms with Gasteiger partial charge in [-0.3, -0.25) is 0 Å². The number of nitriles is 1. The van der Waals surface area contributed by atoms with E-state index in [9.17, 15) is 9.65 Å². The van der Waals surface area contributed by atoms with Crippen molar-refractivity contribution in [2.45, 2.75) is 82.5 Å². The van der Waals surface area contributed by atoms with Crippen LogP contribution in [0.25, 0.3) is 0 Å². The van der Waals surface area contributed by atoms with Crippen LogP contribution in [0.15, 0.2) is 24.3 Å². The molecule has 4 rings (SSSR count). The van der Waals surface area contributed by atoms with Crippen molar-refractivity contribution in [2.75, 3.05) is 0 Å². The molecule has 0 N–H and O–H groups in total. The van der Waals surface area contributed by atoms with Gasteiger partial charge in [0, 0.05) is 22.9 Å². The molecule has 0 bridgehead atoms. The molecule has 7 heteroatoms. The molecular weight excluding hydrogens is 463 g/mol. The van der Waals surface area contributed by atoms with Crippen LogP contribution in [-0.4, -0.2) is 14.2 Å². The first-order chi connectivity index (χ1) is 15.3. The highest BCUT2D eigenvalue weighted by molar-refractivity contribution is 6.74. The predicted octanol–water partition coefficient (Wildman–Crippen LogP) is 8.07. The number of benzene rings is 2. The molecule has 2 aromatic rings. The lowest BCUT2D eigenvalue weighted by molar-refractivity contribution is -0.0900. The topological polar surface area (TPSA) is 33.0 Å². The second kappa shape index (κ2) is 8.15. The van der Waals surface area contributed by atoms with Gasteiger partial charge in [-0.2, -0.15) is 5.26 Å². The Balaban J connectivity index is 1.86. The van der Waals surface area contributed by atoms with Crippen LogP contribution in [0.5, 0.6) is 0 Å². The van der Waals surface area contributed by atoms with Crippen LogP contribution in [-0.2, 0) is 17.3 Å². The van der Waals surface area contributed by atoms with E-state index in [1.165, 1.54) is 12.1 Å². The summed E-state index contributed by atoms with van der Waals surface area (Å²) in [6.07, 6.45) is 0.325. The van der Waals surface area contributed by atoms with Gasteiger partial charge in [-0.1, -0.05) is 38.4 Å². The molecule has 0 radical (unpaired) electrons. The standard InChI is InChI=1S/C26H29ClF3NOSi/c1-25(2,3)33(4,5)32-24-23-20(13-26(24,29)30)18(9-10-21(23)27)19-8-6-7-15-11-17(28)12-16(14-31)22(15)19/h9-12,19,24H,6-8,13H2,1-5H3. The zero-order chi connectivity index (χ0) is 24.3. The smallest absolute Gasteiger partial charge is 0.280 e. The minimum atomic E-state index is -3.09. The van der Waals surface area contributed by atoms with E-state index in [0.717, 1.165) is 23.1 Å². The molecule has 0 heterocycles. The molecule has 0 aliphatic heterocycles. The molecule has 0 fully saturated rings. The minimum absolute atomic E-state index is 0.232. The number of halogens is 4. The van der Waals surface area contributed by atoms with Gasteiger partial charge in [-0.25, -0.2) is 13.2 Å². The summed E-state index contributed by atoms with van der Waals surface area (Å²) < 4.78 is 51.3. The Kier molecular flexibility index (Phi) is 6.00. The van der Waals surface area contributed by atoms with Crippen LogP contribution in [0, 0.1) is 17.1 Å². The lowest BCUT2D eigenvalue weighted by atomic mass is 9.75. The molecule has 2 unspecified atom stereocenters. The average Bonchev–Trinajstić information content (AvgIpc) is 2.97. The van der Waals surface area contributed by atoms with Gasteiger partial charge in [-0.05, 0) is 77.8 Å². The van der Waals surface area contributed by atoms with Crippen LogP contribution in [0.1, 0.15) is 79.0 Å². The van der Waals surface area contributed by atoms with Crippen LogP contribution in [0.3, 0.4) is 0 Å². The molecule has 33 heavy (non-hydrogen) atoms. The molecule has 0 spiro atoms. The van der Waals surface area contributed by atoms with Gasteiger partial charge in [-0.15, -0.1) is 0 Å². The number of nitrogens with zero attached hydrogens (tertiary/aromatic N) is 1. The summed E-state index contributed by atoms with van der Waals surface area (Å²) in [6.45, 7) is 9.99. The number of hydrogen-bond acceptors (Lipinski definition) is 2. The number of aryl methyl sites for hydroxylation is 1. The van der Waals surface area contributed by atoms with E-state index in [0.29, 0.717) is 24.0 Å². The number of fused-ring (bicyclic) bond motifs is 2. The second-order valence-electron chi connectivity index (χ2n) is 10.8. The largest absolute Gasteiger partial charge is 0.404 e. The van der Waals surface area contributed by atoms with Crippen molar-refractivity contribution in [1.82, 2.24) is 0 Å². The molecular formula is C26H29ClF3NOSi. The van der Waals surface area contributed by atoms with Gasteiger partial charge in [0.05, 0.1) is 11.6 Å². The van der Waals surface area contributed by atoms with E-state index < -0.39 is 32.6 Å². The highest BCUT2D eigenvalue weighted by Crippen LogP contribution is 2.54. The quantitative estimate of drug-likeness (QED) is 0.406. The van der Waals surface area contributed by atoms with E-state index in [-0.39, 0.29) is 21.5 Å². The van der Waals surface area contributed by atoms with E-state index >= 15 is 8.78 Å². The summed E-state index contributed by atoms with van der Waals surface area (Å²) in [5, 5.41) is 9.73. The molecule has 0 amide bonds. The summed E-state index contributed by atoms with van der Waals surface area (Å²) >= 11 is 6.53. The summed E-state index contributed by atoms with van der Waals surface area (Å²) in [7, 11) is -2.51. The van der Waals surface area contributed by atoms with E-state index in [2.05, 4.69) is 6.07 Å². The molecule has 2 aliphatic carbocycles. The molecule has 2 aromatic carbocycles. The minimum Gasteiger partial charge on any atom is -0.404 e. The normalized spacial score (nSPS) is 21.9. The van der Waals surface area contributed by atoms with Crippen LogP contribution < -0.4 is 0 Å². The third-order valence-corrected chi connectivity index (χ3v) is 12.4. The predicted molar refractivity (Wildman–Crippen MR) is 127 cm³/mol. The van der Waals surface area contributed by atoms with Gasteiger partial charge >= 0.3 is 0 Å². The maximum absolute atomic E-state index is 15.5. The van der Waals surface area contributed by atoms with Crippen molar-refractivity contribution in [3.05, 3.63) is 68.5 Å². The highest BCUT2D eigenvalue weighted by Gasteiger charge is 2.54. The first kappa shape index (κ1) is 24.3. The Hall–Kier alpha value is -1.81. The SMILES string of the molecule is CC(C)(C)[Si](C)(C)OC1c2c(Cl)ccc(C3CCCc4cc(F)cc(C#N)c43)c2CC1(F)F. The first-order valence-corrected chi connectivity index (χ1v) is 14.6. The molecule has 0 saturated heterocycles. The molecule has 176 valence electrons. The Morgan fingerprint density at radius 1 is 1.18 bits per heavy atom. The number of hydrogen-bond donors (Lipinski definition) is 0. The van der Waals surface area contributed by atoms with Crippen LogP contribution in [0.2, 0.25) is 23.2 Å². The molecule has 2 aliphatic rings. The Labute approximate surface area is 199 Å². The van der Waals surface area contributed by atoms with Gasteiger partial charge < -0.3 is 4.43 Å². The van der Waals surface area contributed by atoms with Crippen LogP contribution in [0.4, 0.5) is 13.2 Å². The van der Waals surface area contributed by atoms with E-state index in [1.807, 2.05) is 33.9 Å². The van der Waals surface area contributed by atoms with E-state index in [4.69, 9.17) is 16.0 Å². The third kappa shape index (κ3) is 4.13. The van der Waals surface area contributed by atoms with Gasteiger partial charge in [0.25, 0.3) is 5.92 Å². The zero-order valence-corrected chi connectivity index (χ0v) is 21.4. The molecule has 0 saturated carbocycles. The maximum atomic E-state index is 15.5. The van der Waals surface area contributed by atoms with E-state index in [1.54, 1.807) is 12.1 Å². The Morgan fingerprint density at radius 2 is 1.88 bits per heavy atom. The highest BCUT2D eigenvalue weighted by atomic mass is 35.5. The first-order valence-electron chi connectivity index (χ1n) is 11.4. The van der Waals surface area contributed by atoms with Crippen molar-refractivity contribution in [2.24, 2.45) is 0 Å². The summed E-state index contributed by atoms with van der Waals surface area (Å²) in [5.41, 5.74) is 3.45. The second-order valence-corrected chi connectivity index (χ2v) is 16.0. The van der Waals surface area contributed by atoms with Gasteiger partial charge in [0.2, 0.25) is 0 Å². The monoisotopic (exact) mass is 491 g/mol. The Bertz CT molecular complexity index is 1150. The molecule has 2 atom stereocenters. The third-order valence-electron chi connectivity index (χ3n) is 7.63. The van der Waals surface area contributed by atoms with Gasteiger partial charge in [0.15, 0.2) is 8.32 Å². The number of alkyl halides is 2. The fourth-order valence-corrected chi connectivity index (χ4v) is 6.46. The lowest BCUT2D eigenvalue weighted by Gasteiger charge is -2.40. The fourth-order valence-electron chi connectivity index (χ4n) is 4.95. The molecule has 2 nitrogen and oxygen atoms in total. The molecule has 0 aromatic heterocycles. The van der Waals surface area contributed by atoms with Crippen molar-refractivity contribution in [3.8, 4) is 6.07 Å². The summed E-state index contributed by atoms with van der Waals surface area (Å²) in [6, 6.07) is 8.30. The Morgan fingerprint density at radius 3 is 2.52 bits per heavy atom. The maximum Gasteiger partial charge on any atom is 0.280 e. The van der Waals surface area contributed by atoms with Crippen molar-refractivity contribution in [3.63, 3.8) is 0 Å². The van der Waals surface area contributed by atoms with Crippen molar-refractivity contribution in [1.29, 1.82) is 5.26 Å². The average molecular weight is 492 g/mol. The summed E-state index contributed by atoms with van der Waals surface area (Å²) in [5.74, 6) is -3.78. The van der Waals surface area contributed by atoms with Crippen molar-refractivity contribution >= 4 is 19.9 Å². The lowest BCUT2D eigenvalue weighted by Crippen LogP contribution is -2.44. The summed E-state index contributed by atoms with van der Waals surface area (Å²) in [4.78, 5) is 0.